The average molecular weight is 308 g/mol. The van der Waals surface area contributed by atoms with Crippen LogP contribution in [0.1, 0.15) is 10.4 Å². The van der Waals surface area contributed by atoms with Gasteiger partial charge in [-0.3, -0.25) is 4.79 Å². The van der Waals surface area contributed by atoms with Gasteiger partial charge in [-0.15, -0.1) is 11.3 Å². The number of aromatic nitrogens is 1. The van der Waals surface area contributed by atoms with Crippen LogP contribution in [0.4, 0.5) is 5.13 Å². The number of thiazole rings is 1. The minimum atomic E-state index is -0.0421. The van der Waals surface area contributed by atoms with E-state index in [0.717, 1.165) is 21.7 Å². The van der Waals surface area contributed by atoms with E-state index < -0.39 is 0 Å². The number of amides is 1. The highest BCUT2D eigenvalue weighted by Crippen LogP contribution is 2.30. The molecule has 3 nitrogen and oxygen atoms in total. The van der Waals surface area contributed by atoms with Gasteiger partial charge in [0.15, 0.2) is 5.13 Å². The molecule has 2 aromatic carbocycles. The van der Waals surface area contributed by atoms with Crippen molar-refractivity contribution in [3.05, 3.63) is 71.1 Å². The number of carbonyl (C=O) groups excluding carboxylic acids is 1. The molecule has 0 bridgehead atoms. The van der Waals surface area contributed by atoms with E-state index in [-0.39, 0.29) is 5.91 Å². The van der Waals surface area contributed by atoms with Crippen molar-refractivity contribution in [1.29, 1.82) is 0 Å². The number of anilines is 1. The van der Waals surface area contributed by atoms with Crippen LogP contribution in [-0.2, 0) is 11.2 Å². The second-order valence-electron chi connectivity index (χ2n) is 5.00. The molecule has 3 rings (SSSR count). The number of rotatable bonds is 4. The molecule has 110 valence electrons. The van der Waals surface area contributed by atoms with Crippen LogP contribution in [0.2, 0.25) is 0 Å². The third-order valence-electron chi connectivity index (χ3n) is 3.30. The third kappa shape index (κ3) is 3.40. The molecule has 0 fully saturated rings. The standard InChI is InChI=1S/C18H16N2OS/c1-13-17(15-10-6-3-7-11-15)20-18(22-13)19-16(21)12-14-8-4-2-5-9-14/h2-11H,12H2,1H3,(H,19,20,21). The molecule has 1 aromatic heterocycles. The summed E-state index contributed by atoms with van der Waals surface area (Å²) in [6.45, 7) is 2.02. The maximum Gasteiger partial charge on any atom is 0.230 e. The lowest BCUT2D eigenvalue weighted by atomic mass is 10.1. The van der Waals surface area contributed by atoms with E-state index in [2.05, 4.69) is 10.3 Å². The number of aryl methyl sites for hydroxylation is 1. The molecule has 0 aliphatic carbocycles. The summed E-state index contributed by atoms with van der Waals surface area (Å²) >= 11 is 1.51. The normalized spacial score (nSPS) is 10.4. The van der Waals surface area contributed by atoms with Crippen molar-refractivity contribution in [3.63, 3.8) is 0 Å². The fraction of sp³-hybridized carbons (Fsp3) is 0.111. The Hall–Kier alpha value is -2.46. The van der Waals surface area contributed by atoms with Crippen molar-refractivity contribution in [2.45, 2.75) is 13.3 Å². The summed E-state index contributed by atoms with van der Waals surface area (Å²) < 4.78 is 0. The van der Waals surface area contributed by atoms with Gasteiger partial charge in [-0.05, 0) is 12.5 Å². The molecule has 4 heteroatoms. The number of benzene rings is 2. The first-order chi connectivity index (χ1) is 10.7. The van der Waals surface area contributed by atoms with E-state index in [1.165, 1.54) is 11.3 Å². The van der Waals surface area contributed by atoms with Gasteiger partial charge >= 0.3 is 0 Å². The first-order valence-corrected chi connectivity index (χ1v) is 7.90. The minimum absolute atomic E-state index is 0.0421. The van der Waals surface area contributed by atoms with Gasteiger partial charge < -0.3 is 5.32 Å². The van der Waals surface area contributed by atoms with E-state index in [4.69, 9.17) is 0 Å². The first kappa shape index (κ1) is 14.5. The summed E-state index contributed by atoms with van der Waals surface area (Å²) in [6, 6.07) is 19.7. The molecular weight excluding hydrogens is 292 g/mol. The van der Waals surface area contributed by atoms with E-state index in [1.54, 1.807) is 0 Å². The van der Waals surface area contributed by atoms with Crippen LogP contribution >= 0.6 is 11.3 Å². The molecule has 1 amide bonds. The number of nitrogens with one attached hydrogen (secondary N) is 1. The summed E-state index contributed by atoms with van der Waals surface area (Å²) in [7, 11) is 0. The SMILES string of the molecule is Cc1sc(NC(=O)Cc2ccccc2)nc1-c1ccccc1. The molecule has 0 aliphatic rings. The van der Waals surface area contributed by atoms with E-state index in [9.17, 15) is 4.79 Å². The van der Waals surface area contributed by atoms with Crippen LogP contribution in [0.25, 0.3) is 11.3 Å². The van der Waals surface area contributed by atoms with Crippen LogP contribution in [0.5, 0.6) is 0 Å². The zero-order valence-electron chi connectivity index (χ0n) is 12.2. The van der Waals surface area contributed by atoms with Crippen LogP contribution in [0.3, 0.4) is 0 Å². The molecule has 1 N–H and O–H groups in total. The monoisotopic (exact) mass is 308 g/mol. The maximum absolute atomic E-state index is 12.1. The molecule has 0 aliphatic heterocycles. The van der Waals surface area contributed by atoms with Gasteiger partial charge in [0.1, 0.15) is 0 Å². The van der Waals surface area contributed by atoms with Gasteiger partial charge in [0.25, 0.3) is 0 Å². The van der Waals surface area contributed by atoms with E-state index >= 15 is 0 Å². The highest BCUT2D eigenvalue weighted by molar-refractivity contribution is 7.16. The lowest BCUT2D eigenvalue weighted by molar-refractivity contribution is -0.115. The number of nitrogens with zero attached hydrogens (tertiary/aromatic N) is 1. The molecule has 0 radical (unpaired) electrons. The van der Waals surface area contributed by atoms with Crippen LogP contribution in [0, 0.1) is 6.92 Å². The molecule has 0 saturated carbocycles. The predicted octanol–water partition coefficient (Wildman–Crippen LogP) is 4.30. The number of hydrogen-bond donors (Lipinski definition) is 1. The molecule has 0 atom stereocenters. The summed E-state index contributed by atoms with van der Waals surface area (Å²) in [6.07, 6.45) is 0.361. The van der Waals surface area contributed by atoms with Gasteiger partial charge in [-0.2, -0.15) is 0 Å². The largest absolute Gasteiger partial charge is 0.302 e. The van der Waals surface area contributed by atoms with Gasteiger partial charge in [-0.25, -0.2) is 4.98 Å². The van der Waals surface area contributed by atoms with Crippen molar-refractivity contribution in [2.75, 3.05) is 5.32 Å². The fourth-order valence-electron chi connectivity index (χ4n) is 2.26. The topological polar surface area (TPSA) is 42.0 Å². The lowest BCUT2D eigenvalue weighted by Crippen LogP contribution is -2.14. The summed E-state index contributed by atoms with van der Waals surface area (Å²) in [5, 5.41) is 3.54. The second kappa shape index (κ2) is 6.54. The van der Waals surface area contributed by atoms with Crippen molar-refractivity contribution in [1.82, 2.24) is 4.98 Å². The first-order valence-electron chi connectivity index (χ1n) is 7.09. The molecule has 0 unspecified atom stereocenters. The predicted molar refractivity (Wildman–Crippen MR) is 91.1 cm³/mol. The molecule has 0 saturated heterocycles. The quantitative estimate of drug-likeness (QED) is 0.781. The second-order valence-corrected chi connectivity index (χ2v) is 6.20. The number of hydrogen-bond acceptors (Lipinski definition) is 3. The van der Waals surface area contributed by atoms with Crippen molar-refractivity contribution in [3.8, 4) is 11.3 Å². The van der Waals surface area contributed by atoms with Gasteiger partial charge in [0.2, 0.25) is 5.91 Å². The average Bonchev–Trinajstić information content (AvgIpc) is 2.89. The summed E-state index contributed by atoms with van der Waals surface area (Å²) in [5.74, 6) is -0.0421. The minimum Gasteiger partial charge on any atom is -0.302 e. The maximum atomic E-state index is 12.1. The molecular formula is C18H16N2OS. The van der Waals surface area contributed by atoms with Gasteiger partial charge in [-0.1, -0.05) is 60.7 Å². The third-order valence-corrected chi connectivity index (χ3v) is 4.18. The molecule has 3 aromatic rings. The lowest BCUT2D eigenvalue weighted by Gasteiger charge is -2.01. The smallest absolute Gasteiger partial charge is 0.230 e. The summed E-state index contributed by atoms with van der Waals surface area (Å²) in [4.78, 5) is 17.7. The molecule has 1 heterocycles. The van der Waals surface area contributed by atoms with E-state index in [1.807, 2.05) is 67.6 Å². The zero-order valence-corrected chi connectivity index (χ0v) is 13.1. The Bertz CT molecular complexity index is 766. The van der Waals surface area contributed by atoms with Crippen LogP contribution < -0.4 is 5.32 Å². The summed E-state index contributed by atoms with van der Waals surface area (Å²) in [5.41, 5.74) is 3.00. The van der Waals surface area contributed by atoms with Crippen LogP contribution in [0.15, 0.2) is 60.7 Å². The Balaban J connectivity index is 1.73. The van der Waals surface area contributed by atoms with Crippen molar-refractivity contribution in [2.24, 2.45) is 0 Å². The Morgan fingerprint density at radius 1 is 1.05 bits per heavy atom. The fourth-order valence-corrected chi connectivity index (χ4v) is 3.11. The van der Waals surface area contributed by atoms with Crippen molar-refractivity contribution >= 4 is 22.4 Å². The molecule has 22 heavy (non-hydrogen) atoms. The zero-order chi connectivity index (χ0) is 15.4. The van der Waals surface area contributed by atoms with Crippen LogP contribution in [-0.4, -0.2) is 10.9 Å². The van der Waals surface area contributed by atoms with Crippen molar-refractivity contribution < 1.29 is 4.79 Å². The van der Waals surface area contributed by atoms with Gasteiger partial charge in [0, 0.05) is 10.4 Å². The Labute approximate surface area is 133 Å². The molecule has 0 spiro atoms. The van der Waals surface area contributed by atoms with Gasteiger partial charge in [0.05, 0.1) is 12.1 Å². The Morgan fingerprint density at radius 3 is 2.36 bits per heavy atom. The Morgan fingerprint density at radius 2 is 1.68 bits per heavy atom. The highest BCUT2D eigenvalue weighted by atomic mass is 32.1. The number of carbonyl (C=O) groups is 1. The highest BCUT2D eigenvalue weighted by Gasteiger charge is 2.12. The van der Waals surface area contributed by atoms with E-state index in [0.29, 0.717) is 11.6 Å². The Kier molecular flexibility index (Phi) is 4.30.